The highest BCUT2D eigenvalue weighted by Gasteiger charge is 2.29. The van der Waals surface area contributed by atoms with E-state index < -0.39 is 0 Å². The first-order chi connectivity index (χ1) is 7.04. The van der Waals surface area contributed by atoms with E-state index in [1.54, 1.807) is 0 Å². The van der Waals surface area contributed by atoms with Crippen molar-refractivity contribution in [1.29, 1.82) is 0 Å². The van der Waals surface area contributed by atoms with E-state index in [0.29, 0.717) is 17.9 Å². The van der Waals surface area contributed by atoms with Crippen LogP contribution < -0.4 is 10.6 Å². The molecule has 0 spiro atoms. The van der Waals surface area contributed by atoms with Gasteiger partial charge in [0.05, 0.1) is 6.04 Å². The smallest absolute Gasteiger partial charge is 0.237 e. The minimum absolute atomic E-state index is 0.0188. The number of carbonyl (C=O) groups excluding carboxylic acids is 1. The van der Waals surface area contributed by atoms with Gasteiger partial charge < -0.3 is 10.6 Å². The average molecular weight is 212 g/mol. The maximum absolute atomic E-state index is 11.8. The van der Waals surface area contributed by atoms with Crippen molar-refractivity contribution in [3.05, 3.63) is 0 Å². The molecule has 3 nitrogen and oxygen atoms in total. The molecule has 1 amide bonds. The Labute approximate surface area is 93.0 Å². The first kappa shape index (κ1) is 12.5. The molecule has 1 aliphatic heterocycles. The van der Waals surface area contributed by atoms with Crippen molar-refractivity contribution >= 4 is 5.91 Å². The number of hydrogen-bond donors (Lipinski definition) is 2. The summed E-state index contributed by atoms with van der Waals surface area (Å²) in [6, 6.07) is 0.330. The molecule has 88 valence electrons. The summed E-state index contributed by atoms with van der Waals surface area (Å²) in [6.07, 6.45) is 2.04. The molecule has 15 heavy (non-hydrogen) atoms. The molecule has 1 rings (SSSR count). The highest BCUT2D eigenvalue weighted by atomic mass is 16.2. The molecule has 2 N–H and O–H groups in total. The molecule has 1 saturated heterocycles. The predicted molar refractivity (Wildman–Crippen MR) is 62.6 cm³/mol. The molecule has 0 aromatic heterocycles. The zero-order valence-electron chi connectivity index (χ0n) is 10.3. The zero-order valence-corrected chi connectivity index (χ0v) is 10.3. The lowest BCUT2D eigenvalue weighted by molar-refractivity contribution is -0.126. The van der Waals surface area contributed by atoms with Gasteiger partial charge in [0.15, 0.2) is 0 Å². The topological polar surface area (TPSA) is 41.1 Å². The summed E-state index contributed by atoms with van der Waals surface area (Å²) in [6.45, 7) is 9.57. The lowest BCUT2D eigenvalue weighted by Crippen LogP contribution is -2.60. The summed E-state index contributed by atoms with van der Waals surface area (Å²) in [4.78, 5) is 11.8. The van der Waals surface area contributed by atoms with Gasteiger partial charge in [-0.3, -0.25) is 4.79 Å². The van der Waals surface area contributed by atoms with Crippen molar-refractivity contribution in [1.82, 2.24) is 10.6 Å². The summed E-state index contributed by atoms with van der Waals surface area (Å²) in [5.41, 5.74) is 0. The molecular weight excluding hydrogens is 188 g/mol. The minimum atomic E-state index is 0.0188. The maximum atomic E-state index is 11.8. The quantitative estimate of drug-likeness (QED) is 0.742. The van der Waals surface area contributed by atoms with E-state index in [2.05, 4.69) is 38.3 Å². The fourth-order valence-electron chi connectivity index (χ4n) is 1.99. The van der Waals surface area contributed by atoms with Crippen LogP contribution in [0.15, 0.2) is 0 Å². The first-order valence-electron chi connectivity index (χ1n) is 6.08. The van der Waals surface area contributed by atoms with E-state index in [-0.39, 0.29) is 11.9 Å². The Morgan fingerprint density at radius 3 is 2.53 bits per heavy atom. The van der Waals surface area contributed by atoms with E-state index in [9.17, 15) is 4.79 Å². The lowest BCUT2D eigenvalue weighted by atomic mass is 9.94. The third kappa shape index (κ3) is 3.49. The SMILES string of the molecule is CCC(C)[C@H]1CN[C@@H](CC(C)C)C(=O)N1. The molecule has 0 aromatic rings. The van der Waals surface area contributed by atoms with Crippen LogP contribution in [0.25, 0.3) is 0 Å². The Morgan fingerprint density at radius 1 is 1.40 bits per heavy atom. The number of nitrogens with one attached hydrogen (secondary N) is 2. The van der Waals surface area contributed by atoms with Gasteiger partial charge in [-0.15, -0.1) is 0 Å². The summed E-state index contributed by atoms with van der Waals surface area (Å²) < 4.78 is 0. The second kappa shape index (κ2) is 5.50. The Morgan fingerprint density at radius 2 is 2.07 bits per heavy atom. The Bertz CT molecular complexity index is 216. The molecule has 3 heteroatoms. The third-order valence-electron chi connectivity index (χ3n) is 3.27. The fraction of sp³-hybridized carbons (Fsp3) is 0.917. The summed E-state index contributed by atoms with van der Waals surface area (Å²) in [7, 11) is 0. The molecule has 1 aliphatic rings. The van der Waals surface area contributed by atoms with Gasteiger partial charge in [-0.1, -0.05) is 34.1 Å². The molecule has 3 atom stereocenters. The Balaban J connectivity index is 2.44. The highest BCUT2D eigenvalue weighted by molar-refractivity contribution is 5.82. The predicted octanol–water partition coefficient (Wildman–Crippen LogP) is 1.54. The van der Waals surface area contributed by atoms with Crippen molar-refractivity contribution < 1.29 is 4.79 Å². The van der Waals surface area contributed by atoms with Crippen LogP contribution in [0.2, 0.25) is 0 Å². The maximum Gasteiger partial charge on any atom is 0.237 e. The van der Waals surface area contributed by atoms with Crippen LogP contribution >= 0.6 is 0 Å². The van der Waals surface area contributed by atoms with E-state index in [1.165, 1.54) is 0 Å². The monoisotopic (exact) mass is 212 g/mol. The zero-order chi connectivity index (χ0) is 11.4. The standard InChI is InChI=1S/C12H24N2O/c1-5-9(4)11-7-13-10(6-8(2)3)12(15)14-11/h8-11,13H,5-7H2,1-4H3,(H,14,15)/t9?,10-,11+/m0/s1. The first-order valence-corrected chi connectivity index (χ1v) is 6.08. The van der Waals surface area contributed by atoms with Gasteiger partial charge in [0.2, 0.25) is 5.91 Å². The van der Waals surface area contributed by atoms with Crippen LogP contribution in [0.1, 0.15) is 40.5 Å². The van der Waals surface area contributed by atoms with Gasteiger partial charge in [-0.25, -0.2) is 0 Å². The van der Waals surface area contributed by atoms with Crippen LogP contribution in [0, 0.1) is 11.8 Å². The molecule has 1 unspecified atom stereocenters. The van der Waals surface area contributed by atoms with Crippen LogP contribution in [-0.2, 0) is 4.79 Å². The number of carbonyl (C=O) groups is 1. The van der Waals surface area contributed by atoms with Crippen LogP contribution in [0.4, 0.5) is 0 Å². The van der Waals surface area contributed by atoms with Gasteiger partial charge in [0, 0.05) is 12.6 Å². The van der Waals surface area contributed by atoms with Gasteiger partial charge in [-0.05, 0) is 18.3 Å². The Hall–Kier alpha value is -0.570. The second-order valence-electron chi connectivity index (χ2n) is 5.09. The molecule has 1 fully saturated rings. The van der Waals surface area contributed by atoms with Crippen molar-refractivity contribution in [2.75, 3.05) is 6.54 Å². The third-order valence-corrected chi connectivity index (χ3v) is 3.27. The van der Waals surface area contributed by atoms with Crippen LogP contribution in [0.5, 0.6) is 0 Å². The van der Waals surface area contributed by atoms with E-state index in [4.69, 9.17) is 0 Å². The highest BCUT2D eigenvalue weighted by Crippen LogP contribution is 2.13. The van der Waals surface area contributed by atoms with Crippen molar-refractivity contribution in [2.24, 2.45) is 11.8 Å². The summed E-state index contributed by atoms with van der Waals surface area (Å²) in [5, 5.41) is 6.47. The molecule has 0 aliphatic carbocycles. The van der Waals surface area contributed by atoms with Crippen molar-refractivity contribution in [2.45, 2.75) is 52.6 Å². The number of hydrogen-bond acceptors (Lipinski definition) is 2. The summed E-state index contributed by atoms with van der Waals surface area (Å²) in [5.74, 6) is 1.30. The number of piperazine rings is 1. The van der Waals surface area contributed by atoms with Gasteiger partial charge in [-0.2, -0.15) is 0 Å². The van der Waals surface area contributed by atoms with Crippen LogP contribution in [0.3, 0.4) is 0 Å². The average Bonchev–Trinajstić information content (AvgIpc) is 2.19. The minimum Gasteiger partial charge on any atom is -0.350 e. The normalized spacial score (nSPS) is 29.0. The molecular formula is C12H24N2O. The molecule has 0 radical (unpaired) electrons. The van der Waals surface area contributed by atoms with Gasteiger partial charge in [0.1, 0.15) is 0 Å². The largest absolute Gasteiger partial charge is 0.350 e. The van der Waals surface area contributed by atoms with Crippen molar-refractivity contribution in [3.8, 4) is 0 Å². The van der Waals surface area contributed by atoms with E-state index >= 15 is 0 Å². The fourth-order valence-corrected chi connectivity index (χ4v) is 1.99. The van der Waals surface area contributed by atoms with Crippen molar-refractivity contribution in [3.63, 3.8) is 0 Å². The molecule has 1 heterocycles. The number of rotatable bonds is 4. The van der Waals surface area contributed by atoms with Gasteiger partial charge >= 0.3 is 0 Å². The van der Waals surface area contributed by atoms with E-state index in [1.807, 2.05) is 0 Å². The summed E-state index contributed by atoms with van der Waals surface area (Å²) >= 11 is 0. The van der Waals surface area contributed by atoms with E-state index in [0.717, 1.165) is 19.4 Å². The molecule has 0 bridgehead atoms. The molecule has 0 aromatic carbocycles. The Kier molecular flexibility index (Phi) is 4.58. The molecule has 0 saturated carbocycles. The van der Waals surface area contributed by atoms with Gasteiger partial charge in [0.25, 0.3) is 0 Å². The van der Waals surface area contributed by atoms with Crippen LogP contribution in [-0.4, -0.2) is 24.5 Å². The lowest BCUT2D eigenvalue weighted by Gasteiger charge is -2.34. The second-order valence-corrected chi connectivity index (χ2v) is 5.09. The number of amides is 1.